The summed E-state index contributed by atoms with van der Waals surface area (Å²) in [5.41, 5.74) is 1.79. The molecule has 1 saturated carbocycles. The molecule has 0 aliphatic heterocycles. The van der Waals surface area contributed by atoms with Gasteiger partial charge in [0.15, 0.2) is 11.2 Å². The predicted octanol–water partition coefficient (Wildman–Crippen LogP) is 2.57. The Balaban J connectivity index is 1.30. The molecule has 0 N–H and O–H groups in total. The highest BCUT2D eigenvalue weighted by Gasteiger charge is 2.27. The molecule has 5 rings (SSSR count). The Morgan fingerprint density at radius 2 is 1.90 bits per heavy atom. The maximum atomic E-state index is 12.7. The summed E-state index contributed by atoms with van der Waals surface area (Å²) in [6.07, 6.45) is 6.00. The number of imidazole rings is 1. The van der Waals surface area contributed by atoms with Gasteiger partial charge in [0.1, 0.15) is 12.9 Å². The second-order valence-electron chi connectivity index (χ2n) is 8.08. The summed E-state index contributed by atoms with van der Waals surface area (Å²) >= 11 is 5.99. The average Bonchev–Trinajstić information content (AvgIpc) is 3.45. The van der Waals surface area contributed by atoms with Crippen LogP contribution >= 0.6 is 11.6 Å². The highest BCUT2D eigenvalue weighted by atomic mass is 35.5. The molecular weight excluding hydrogens is 420 g/mol. The van der Waals surface area contributed by atoms with Crippen LogP contribution in [0.25, 0.3) is 11.2 Å². The van der Waals surface area contributed by atoms with Crippen LogP contribution in [0.1, 0.15) is 36.6 Å². The Hall–Kier alpha value is -3.20. The fourth-order valence-corrected chi connectivity index (χ4v) is 4.51. The van der Waals surface area contributed by atoms with E-state index in [2.05, 4.69) is 27.2 Å². The second-order valence-corrected chi connectivity index (χ2v) is 8.51. The number of benzene rings is 1. The van der Waals surface area contributed by atoms with Crippen molar-refractivity contribution >= 4 is 22.8 Å². The highest BCUT2D eigenvalue weighted by Crippen LogP contribution is 2.39. The topological polar surface area (TPSA) is 101 Å². The number of hydrogen-bond donors (Lipinski definition) is 0. The molecule has 4 aromatic rings. The minimum Gasteiger partial charge on any atom is -0.390 e. The van der Waals surface area contributed by atoms with Crippen molar-refractivity contribution in [1.82, 2.24) is 28.9 Å². The molecule has 160 valence electrons. The zero-order valence-corrected chi connectivity index (χ0v) is 17.7. The Kier molecular flexibility index (Phi) is 4.97. The van der Waals surface area contributed by atoms with Gasteiger partial charge in [0.05, 0.1) is 12.9 Å². The molecule has 9 nitrogen and oxygen atoms in total. The van der Waals surface area contributed by atoms with Crippen molar-refractivity contribution in [3.8, 4) is 0 Å². The van der Waals surface area contributed by atoms with E-state index in [-0.39, 0.29) is 18.0 Å². The largest absolute Gasteiger partial charge is 0.437 e. The van der Waals surface area contributed by atoms with Gasteiger partial charge in [-0.1, -0.05) is 23.7 Å². The van der Waals surface area contributed by atoms with Gasteiger partial charge in [0.2, 0.25) is 5.89 Å². The standard InChI is InChI=1S/C21H21ClN6O3/c1-26-11-23-19-18(26)20(29)27(12-24-19)10-17-25-28(21(30)31-17)9-13-2-3-15(8-13)14-4-6-16(22)7-5-14/h4-7,11-13,15H,2-3,8-10H2,1H3/t13?,15-/m1/s1. The lowest BCUT2D eigenvalue weighted by Gasteiger charge is -2.11. The van der Waals surface area contributed by atoms with E-state index in [9.17, 15) is 9.59 Å². The van der Waals surface area contributed by atoms with E-state index in [1.165, 1.54) is 27.5 Å². The van der Waals surface area contributed by atoms with Crippen LogP contribution in [0.3, 0.4) is 0 Å². The molecule has 1 unspecified atom stereocenters. The number of rotatable bonds is 5. The summed E-state index contributed by atoms with van der Waals surface area (Å²) in [5.74, 6) is 0.473. The fourth-order valence-electron chi connectivity index (χ4n) is 4.38. The second kappa shape index (κ2) is 7.81. The van der Waals surface area contributed by atoms with Gasteiger partial charge in [-0.25, -0.2) is 14.8 Å². The Morgan fingerprint density at radius 3 is 2.71 bits per heavy atom. The van der Waals surface area contributed by atoms with Crippen molar-refractivity contribution in [3.63, 3.8) is 0 Å². The van der Waals surface area contributed by atoms with Crippen molar-refractivity contribution in [2.45, 2.75) is 38.3 Å². The van der Waals surface area contributed by atoms with E-state index in [0.29, 0.717) is 29.5 Å². The van der Waals surface area contributed by atoms with Gasteiger partial charge < -0.3 is 8.98 Å². The van der Waals surface area contributed by atoms with Crippen molar-refractivity contribution in [2.24, 2.45) is 13.0 Å². The molecule has 10 heteroatoms. The molecular formula is C21H21ClN6O3. The molecule has 3 aromatic heterocycles. The fraction of sp³-hybridized carbons (Fsp3) is 0.381. The van der Waals surface area contributed by atoms with Crippen molar-refractivity contribution < 1.29 is 4.42 Å². The summed E-state index contributed by atoms with van der Waals surface area (Å²) in [6.45, 7) is 0.535. The third kappa shape index (κ3) is 3.81. The maximum Gasteiger partial charge on any atom is 0.437 e. The Labute approximate surface area is 181 Å². The van der Waals surface area contributed by atoms with Gasteiger partial charge in [0, 0.05) is 12.1 Å². The van der Waals surface area contributed by atoms with Gasteiger partial charge in [0.25, 0.3) is 5.56 Å². The van der Waals surface area contributed by atoms with Crippen LogP contribution in [-0.2, 0) is 20.1 Å². The van der Waals surface area contributed by atoms with E-state index >= 15 is 0 Å². The van der Waals surface area contributed by atoms with E-state index in [0.717, 1.165) is 24.3 Å². The summed E-state index contributed by atoms with van der Waals surface area (Å²) < 4.78 is 9.66. The molecule has 0 spiro atoms. The first kappa shape index (κ1) is 19.7. The summed E-state index contributed by atoms with van der Waals surface area (Å²) in [4.78, 5) is 33.3. The molecule has 1 aromatic carbocycles. The molecule has 0 radical (unpaired) electrons. The van der Waals surface area contributed by atoms with Crippen LogP contribution in [0, 0.1) is 5.92 Å². The Morgan fingerprint density at radius 1 is 1.13 bits per heavy atom. The molecule has 2 atom stereocenters. The zero-order valence-electron chi connectivity index (χ0n) is 16.9. The maximum absolute atomic E-state index is 12.7. The quantitative estimate of drug-likeness (QED) is 0.472. The lowest BCUT2D eigenvalue weighted by molar-refractivity contribution is 0.390. The van der Waals surface area contributed by atoms with E-state index in [1.54, 1.807) is 11.6 Å². The van der Waals surface area contributed by atoms with Crippen LogP contribution in [0.4, 0.5) is 0 Å². The average molecular weight is 441 g/mol. The predicted molar refractivity (Wildman–Crippen MR) is 114 cm³/mol. The lowest BCUT2D eigenvalue weighted by Crippen LogP contribution is -2.23. The van der Waals surface area contributed by atoms with E-state index < -0.39 is 5.76 Å². The molecule has 1 aliphatic rings. The number of nitrogens with zero attached hydrogens (tertiary/aromatic N) is 6. The van der Waals surface area contributed by atoms with Crippen LogP contribution in [0.15, 0.2) is 50.9 Å². The zero-order chi connectivity index (χ0) is 21.5. The number of aromatic nitrogens is 6. The smallest absolute Gasteiger partial charge is 0.390 e. The summed E-state index contributed by atoms with van der Waals surface area (Å²) in [6, 6.07) is 7.97. The van der Waals surface area contributed by atoms with Crippen LogP contribution in [0.5, 0.6) is 0 Å². The normalized spacial score (nSPS) is 18.8. The van der Waals surface area contributed by atoms with Gasteiger partial charge in [-0.3, -0.25) is 9.36 Å². The number of hydrogen-bond acceptors (Lipinski definition) is 6. The van der Waals surface area contributed by atoms with Crippen molar-refractivity contribution in [1.29, 1.82) is 0 Å². The molecule has 0 amide bonds. The summed E-state index contributed by atoms with van der Waals surface area (Å²) in [5, 5.41) is 5.05. The first-order chi connectivity index (χ1) is 15.0. The number of aryl methyl sites for hydroxylation is 1. The van der Waals surface area contributed by atoms with E-state index in [1.807, 2.05) is 12.1 Å². The summed E-state index contributed by atoms with van der Waals surface area (Å²) in [7, 11) is 1.73. The number of halogens is 1. The molecule has 31 heavy (non-hydrogen) atoms. The van der Waals surface area contributed by atoms with Gasteiger partial charge in [-0.2, -0.15) is 4.68 Å². The Bertz CT molecular complexity index is 1350. The van der Waals surface area contributed by atoms with Crippen molar-refractivity contribution in [3.05, 3.63) is 74.3 Å². The van der Waals surface area contributed by atoms with Gasteiger partial charge >= 0.3 is 5.76 Å². The molecule has 3 heterocycles. The lowest BCUT2D eigenvalue weighted by atomic mass is 9.96. The van der Waals surface area contributed by atoms with Gasteiger partial charge in [-0.05, 0) is 48.8 Å². The molecule has 0 bridgehead atoms. The SMILES string of the molecule is Cn1cnc2ncn(Cc3nn(CC4CC[C@@H](c5ccc(Cl)cc5)C4)c(=O)o3)c(=O)c21. The third-order valence-electron chi connectivity index (χ3n) is 5.97. The van der Waals surface area contributed by atoms with Crippen LogP contribution < -0.4 is 11.3 Å². The molecule has 0 saturated heterocycles. The molecule has 1 aliphatic carbocycles. The van der Waals surface area contributed by atoms with E-state index in [4.69, 9.17) is 16.0 Å². The van der Waals surface area contributed by atoms with Crippen LogP contribution in [-0.4, -0.2) is 28.9 Å². The highest BCUT2D eigenvalue weighted by molar-refractivity contribution is 6.30. The first-order valence-corrected chi connectivity index (χ1v) is 10.5. The number of fused-ring (bicyclic) bond motifs is 1. The van der Waals surface area contributed by atoms with Gasteiger partial charge in [-0.15, -0.1) is 5.10 Å². The minimum atomic E-state index is -0.507. The molecule has 1 fully saturated rings. The minimum absolute atomic E-state index is 0.0350. The first-order valence-electron chi connectivity index (χ1n) is 10.2. The monoisotopic (exact) mass is 440 g/mol. The van der Waals surface area contributed by atoms with Crippen molar-refractivity contribution in [2.75, 3.05) is 0 Å². The third-order valence-corrected chi connectivity index (χ3v) is 6.22. The van der Waals surface area contributed by atoms with Crippen LogP contribution in [0.2, 0.25) is 5.02 Å².